The number of halogens is 1. The summed E-state index contributed by atoms with van der Waals surface area (Å²) in [5.74, 6) is -0.989. The number of sulfone groups is 1. The standard InChI is InChI=1S/C19H20FNO3S2/c1-12-6-8-15(9-7-12)26(22,23)17-16(13-4-3-5-14(20)10-13)19(17,11-24-2)18(21)25/h3-10,16-17H,11H2,1-2H3,(H2,21,25)/t16-,17+,19-/m1/s1. The third kappa shape index (κ3) is 2.94. The van der Waals surface area contributed by atoms with E-state index in [1.54, 1.807) is 36.4 Å². The number of benzene rings is 2. The Hall–Kier alpha value is -1.83. The average Bonchev–Trinajstić information content (AvgIpc) is 3.27. The zero-order chi connectivity index (χ0) is 19.1. The molecule has 2 aromatic rings. The Morgan fingerprint density at radius 2 is 1.92 bits per heavy atom. The second kappa shape index (κ2) is 6.72. The molecule has 0 heterocycles. The Labute approximate surface area is 158 Å². The Balaban J connectivity index is 2.13. The Morgan fingerprint density at radius 3 is 2.46 bits per heavy atom. The monoisotopic (exact) mass is 393 g/mol. The summed E-state index contributed by atoms with van der Waals surface area (Å²) in [6.45, 7) is 1.94. The van der Waals surface area contributed by atoms with Crippen molar-refractivity contribution in [2.75, 3.05) is 13.7 Å². The van der Waals surface area contributed by atoms with Crippen molar-refractivity contribution in [2.45, 2.75) is 23.0 Å². The van der Waals surface area contributed by atoms with Crippen LogP contribution in [0.5, 0.6) is 0 Å². The lowest BCUT2D eigenvalue weighted by molar-refractivity contribution is 0.166. The van der Waals surface area contributed by atoms with Gasteiger partial charge in [0.15, 0.2) is 9.84 Å². The molecule has 1 saturated carbocycles. The van der Waals surface area contributed by atoms with Crippen LogP contribution in [0.4, 0.5) is 4.39 Å². The van der Waals surface area contributed by atoms with Gasteiger partial charge in [-0.2, -0.15) is 0 Å². The molecule has 4 nitrogen and oxygen atoms in total. The van der Waals surface area contributed by atoms with E-state index in [0.717, 1.165) is 5.56 Å². The van der Waals surface area contributed by atoms with E-state index in [9.17, 15) is 12.8 Å². The maximum Gasteiger partial charge on any atom is 0.182 e. The number of methoxy groups -OCH3 is 1. The van der Waals surface area contributed by atoms with Gasteiger partial charge in [-0.3, -0.25) is 0 Å². The van der Waals surface area contributed by atoms with Crippen LogP contribution in [0.3, 0.4) is 0 Å². The van der Waals surface area contributed by atoms with Crippen LogP contribution in [-0.2, 0) is 14.6 Å². The van der Waals surface area contributed by atoms with E-state index in [0.29, 0.717) is 5.56 Å². The molecule has 0 amide bonds. The van der Waals surface area contributed by atoms with Crippen molar-refractivity contribution in [3.05, 3.63) is 65.5 Å². The molecule has 0 spiro atoms. The summed E-state index contributed by atoms with van der Waals surface area (Å²) in [4.78, 5) is 0.262. The van der Waals surface area contributed by atoms with Crippen molar-refractivity contribution < 1.29 is 17.5 Å². The minimum Gasteiger partial charge on any atom is -0.393 e. The molecule has 1 aliphatic carbocycles. The molecule has 0 saturated heterocycles. The smallest absolute Gasteiger partial charge is 0.182 e. The summed E-state index contributed by atoms with van der Waals surface area (Å²) in [7, 11) is -2.27. The Bertz CT molecular complexity index is 944. The molecule has 2 N–H and O–H groups in total. The van der Waals surface area contributed by atoms with E-state index in [1.807, 2.05) is 6.92 Å². The molecule has 0 aromatic heterocycles. The van der Waals surface area contributed by atoms with Crippen LogP contribution in [0.1, 0.15) is 17.0 Å². The normalized spacial score (nSPS) is 25.0. The maximum atomic E-state index is 13.7. The highest BCUT2D eigenvalue weighted by atomic mass is 32.2. The van der Waals surface area contributed by atoms with Crippen LogP contribution in [0, 0.1) is 18.2 Å². The molecule has 0 unspecified atom stereocenters. The van der Waals surface area contributed by atoms with Gasteiger partial charge in [-0.25, -0.2) is 12.8 Å². The summed E-state index contributed by atoms with van der Waals surface area (Å²) in [5, 5.41) is -0.892. The Morgan fingerprint density at radius 1 is 1.27 bits per heavy atom. The molecule has 2 aromatic carbocycles. The highest BCUT2D eigenvalue weighted by molar-refractivity contribution is 7.92. The number of hydrogen-bond donors (Lipinski definition) is 1. The van der Waals surface area contributed by atoms with Gasteiger partial charge in [0, 0.05) is 13.0 Å². The molecule has 7 heteroatoms. The lowest BCUT2D eigenvalue weighted by atomic mass is 10.00. The average molecular weight is 394 g/mol. The third-order valence-corrected chi connectivity index (χ3v) is 7.66. The molecule has 3 atom stereocenters. The molecule has 0 bridgehead atoms. The lowest BCUT2D eigenvalue weighted by Crippen LogP contribution is -2.33. The van der Waals surface area contributed by atoms with E-state index >= 15 is 0 Å². The molecule has 0 radical (unpaired) electrons. The van der Waals surface area contributed by atoms with Crippen LogP contribution < -0.4 is 5.73 Å². The fourth-order valence-corrected chi connectivity index (χ4v) is 6.45. The minimum atomic E-state index is -3.74. The first-order chi connectivity index (χ1) is 12.2. The predicted molar refractivity (Wildman–Crippen MR) is 102 cm³/mol. The van der Waals surface area contributed by atoms with Gasteiger partial charge < -0.3 is 10.5 Å². The quantitative estimate of drug-likeness (QED) is 0.764. The first kappa shape index (κ1) is 18.9. The van der Waals surface area contributed by atoms with Gasteiger partial charge in [0.1, 0.15) is 5.82 Å². The van der Waals surface area contributed by atoms with E-state index in [1.165, 1.54) is 19.2 Å². The number of ether oxygens (including phenoxy) is 1. The summed E-state index contributed by atoms with van der Waals surface area (Å²) >= 11 is 5.23. The van der Waals surface area contributed by atoms with Crippen molar-refractivity contribution in [2.24, 2.45) is 11.1 Å². The number of thiocarbonyl (C=S) groups is 1. The van der Waals surface area contributed by atoms with Crippen LogP contribution in [-0.4, -0.2) is 32.4 Å². The van der Waals surface area contributed by atoms with E-state index in [-0.39, 0.29) is 16.5 Å². The van der Waals surface area contributed by atoms with Gasteiger partial charge in [0.2, 0.25) is 0 Å². The first-order valence-electron chi connectivity index (χ1n) is 8.10. The highest BCUT2D eigenvalue weighted by Gasteiger charge is 2.73. The third-order valence-electron chi connectivity index (χ3n) is 4.99. The van der Waals surface area contributed by atoms with Crippen LogP contribution in [0.25, 0.3) is 0 Å². The van der Waals surface area contributed by atoms with Crippen molar-refractivity contribution >= 4 is 27.0 Å². The minimum absolute atomic E-state index is 0.0548. The number of aryl methyl sites for hydroxylation is 1. The molecule has 0 aliphatic heterocycles. The van der Waals surface area contributed by atoms with Crippen LogP contribution in [0.2, 0.25) is 0 Å². The highest BCUT2D eigenvalue weighted by Crippen LogP contribution is 2.64. The Kier molecular flexibility index (Phi) is 4.90. The maximum absolute atomic E-state index is 13.7. The fourth-order valence-electron chi connectivity index (χ4n) is 3.68. The molecular formula is C19H20FNO3S2. The van der Waals surface area contributed by atoms with Gasteiger partial charge in [-0.15, -0.1) is 0 Å². The van der Waals surface area contributed by atoms with Gasteiger partial charge in [0.25, 0.3) is 0 Å². The molecular weight excluding hydrogens is 373 g/mol. The van der Waals surface area contributed by atoms with Gasteiger partial charge in [-0.05, 0) is 36.8 Å². The zero-order valence-corrected chi connectivity index (χ0v) is 16.1. The van der Waals surface area contributed by atoms with Gasteiger partial charge in [-0.1, -0.05) is 42.0 Å². The second-order valence-electron chi connectivity index (χ2n) is 6.65. The molecule has 1 aliphatic rings. The summed E-state index contributed by atoms with van der Waals surface area (Å²) in [5.41, 5.74) is 6.42. The molecule has 138 valence electrons. The fraction of sp³-hybridized carbons (Fsp3) is 0.316. The molecule has 3 rings (SSSR count). The molecule has 26 heavy (non-hydrogen) atoms. The van der Waals surface area contributed by atoms with Gasteiger partial charge >= 0.3 is 0 Å². The van der Waals surface area contributed by atoms with E-state index < -0.39 is 32.2 Å². The van der Waals surface area contributed by atoms with Crippen molar-refractivity contribution in [1.29, 1.82) is 0 Å². The number of hydrogen-bond acceptors (Lipinski definition) is 4. The lowest BCUT2D eigenvalue weighted by Gasteiger charge is -2.16. The van der Waals surface area contributed by atoms with Crippen molar-refractivity contribution in [1.82, 2.24) is 0 Å². The van der Waals surface area contributed by atoms with Crippen molar-refractivity contribution in [3.8, 4) is 0 Å². The van der Waals surface area contributed by atoms with Crippen molar-refractivity contribution in [3.63, 3.8) is 0 Å². The largest absolute Gasteiger partial charge is 0.393 e. The number of nitrogens with two attached hydrogens (primary N) is 1. The number of rotatable bonds is 6. The summed E-state index contributed by atoms with van der Waals surface area (Å²) in [6, 6.07) is 12.5. The zero-order valence-electron chi connectivity index (χ0n) is 14.5. The van der Waals surface area contributed by atoms with Crippen LogP contribution in [0.15, 0.2) is 53.4 Å². The van der Waals surface area contributed by atoms with E-state index in [2.05, 4.69) is 0 Å². The van der Waals surface area contributed by atoms with Crippen LogP contribution >= 0.6 is 12.2 Å². The topological polar surface area (TPSA) is 69.4 Å². The molecule has 1 fully saturated rings. The van der Waals surface area contributed by atoms with E-state index in [4.69, 9.17) is 22.7 Å². The summed E-state index contributed by atoms with van der Waals surface area (Å²) < 4.78 is 45.6. The summed E-state index contributed by atoms with van der Waals surface area (Å²) in [6.07, 6.45) is 0. The van der Waals surface area contributed by atoms with Gasteiger partial charge in [0.05, 0.1) is 27.2 Å². The first-order valence-corrected chi connectivity index (χ1v) is 10.1. The SMILES string of the molecule is COC[C@@]1(C(N)=S)[C@H](c2cccc(F)c2)[C@@H]1S(=O)(=O)c1ccc(C)cc1. The predicted octanol–water partition coefficient (Wildman–Crippen LogP) is 2.99. The second-order valence-corrected chi connectivity index (χ2v) is 9.16.